The summed E-state index contributed by atoms with van der Waals surface area (Å²) in [5.41, 5.74) is 1.32. The normalized spacial score (nSPS) is 10.9. The number of aromatic nitrogens is 2. The summed E-state index contributed by atoms with van der Waals surface area (Å²) in [6, 6.07) is 10.7. The predicted molar refractivity (Wildman–Crippen MR) is 99.2 cm³/mol. The standard InChI is InChI=1S/C20H20N2O4/c1-12(2)19-21-18-15(20(24)22-19)8-9-17(16(18)10-23)26-11-13-4-6-14(25-3)7-5-13/h4-10,12H,11H2,1-3H3,(H,21,22,24). The summed E-state index contributed by atoms with van der Waals surface area (Å²) in [6.45, 7) is 4.14. The number of H-pyrrole nitrogens is 1. The molecule has 0 fully saturated rings. The van der Waals surface area contributed by atoms with Crippen LogP contribution in [0, 0.1) is 0 Å². The number of carbonyl (C=O) groups is 1. The van der Waals surface area contributed by atoms with Gasteiger partial charge in [0.1, 0.15) is 23.9 Å². The zero-order chi connectivity index (χ0) is 18.7. The fourth-order valence-electron chi connectivity index (χ4n) is 2.62. The first-order valence-corrected chi connectivity index (χ1v) is 8.31. The lowest BCUT2D eigenvalue weighted by atomic mass is 10.1. The second-order valence-corrected chi connectivity index (χ2v) is 6.23. The largest absolute Gasteiger partial charge is 0.497 e. The van der Waals surface area contributed by atoms with Crippen LogP contribution >= 0.6 is 0 Å². The first kappa shape index (κ1) is 17.7. The van der Waals surface area contributed by atoms with E-state index in [0.29, 0.717) is 28.8 Å². The van der Waals surface area contributed by atoms with E-state index in [9.17, 15) is 9.59 Å². The van der Waals surface area contributed by atoms with Crippen LogP contribution in [0.4, 0.5) is 0 Å². The molecule has 1 N–H and O–H groups in total. The number of hydrogen-bond donors (Lipinski definition) is 1. The molecule has 1 aromatic heterocycles. The summed E-state index contributed by atoms with van der Waals surface area (Å²) in [5, 5.41) is 0.369. The Kier molecular flexibility index (Phi) is 5.02. The van der Waals surface area contributed by atoms with Gasteiger partial charge in [-0.1, -0.05) is 26.0 Å². The van der Waals surface area contributed by atoms with Crippen LogP contribution in [0.25, 0.3) is 10.9 Å². The quantitative estimate of drug-likeness (QED) is 0.687. The van der Waals surface area contributed by atoms with Crippen molar-refractivity contribution < 1.29 is 14.3 Å². The van der Waals surface area contributed by atoms with Gasteiger partial charge in [0.15, 0.2) is 6.29 Å². The maximum Gasteiger partial charge on any atom is 0.258 e. The SMILES string of the molecule is COc1ccc(COc2ccc3c(=O)[nH]c(C(C)C)nc3c2C=O)cc1. The number of carbonyl (C=O) groups excluding carboxylic acids is 1. The van der Waals surface area contributed by atoms with Gasteiger partial charge >= 0.3 is 0 Å². The van der Waals surface area contributed by atoms with Crippen molar-refractivity contribution in [3.05, 3.63) is 63.7 Å². The van der Waals surface area contributed by atoms with Crippen LogP contribution in [-0.2, 0) is 6.61 Å². The van der Waals surface area contributed by atoms with Crippen LogP contribution in [0.15, 0.2) is 41.2 Å². The molecule has 0 spiro atoms. The van der Waals surface area contributed by atoms with Crippen LogP contribution < -0.4 is 15.0 Å². The van der Waals surface area contributed by atoms with Crippen molar-refractivity contribution in [1.82, 2.24) is 9.97 Å². The highest BCUT2D eigenvalue weighted by atomic mass is 16.5. The maximum absolute atomic E-state index is 12.3. The lowest BCUT2D eigenvalue weighted by molar-refractivity contribution is 0.112. The minimum atomic E-state index is -0.261. The highest BCUT2D eigenvalue weighted by Crippen LogP contribution is 2.25. The van der Waals surface area contributed by atoms with E-state index in [1.807, 2.05) is 38.1 Å². The molecule has 3 rings (SSSR count). The van der Waals surface area contributed by atoms with Crippen LogP contribution in [0.1, 0.15) is 41.5 Å². The average Bonchev–Trinajstić information content (AvgIpc) is 2.66. The van der Waals surface area contributed by atoms with Crippen LogP contribution in [0.5, 0.6) is 11.5 Å². The average molecular weight is 352 g/mol. The van der Waals surface area contributed by atoms with Gasteiger partial charge in [0.2, 0.25) is 0 Å². The van der Waals surface area contributed by atoms with Crippen molar-refractivity contribution in [3.63, 3.8) is 0 Å². The van der Waals surface area contributed by atoms with E-state index in [2.05, 4.69) is 9.97 Å². The summed E-state index contributed by atoms with van der Waals surface area (Å²) in [6.07, 6.45) is 0.683. The number of nitrogens with one attached hydrogen (secondary N) is 1. The van der Waals surface area contributed by atoms with Crippen molar-refractivity contribution in [1.29, 1.82) is 0 Å². The van der Waals surface area contributed by atoms with Crippen molar-refractivity contribution >= 4 is 17.2 Å². The summed E-state index contributed by atoms with van der Waals surface area (Å²) in [5.74, 6) is 1.74. The number of ether oxygens (including phenoxy) is 2. The molecule has 0 unspecified atom stereocenters. The minimum absolute atomic E-state index is 0.0375. The second-order valence-electron chi connectivity index (χ2n) is 6.23. The Morgan fingerprint density at radius 1 is 1.15 bits per heavy atom. The van der Waals surface area contributed by atoms with Crippen LogP contribution in [0.2, 0.25) is 0 Å². The molecule has 134 valence electrons. The van der Waals surface area contributed by atoms with Gasteiger partial charge in [-0.25, -0.2) is 4.98 Å². The maximum atomic E-state index is 12.3. The molecule has 6 nitrogen and oxygen atoms in total. The molecule has 26 heavy (non-hydrogen) atoms. The third kappa shape index (κ3) is 3.44. The topological polar surface area (TPSA) is 81.3 Å². The minimum Gasteiger partial charge on any atom is -0.497 e. The number of rotatable bonds is 6. The summed E-state index contributed by atoms with van der Waals surface area (Å²) >= 11 is 0. The fourth-order valence-corrected chi connectivity index (χ4v) is 2.62. The lowest BCUT2D eigenvalue weighted by Gasteiger charge is -2.12. The van der Waals surface area contributed by atoms with Crippen molar-refractivity contribution in [2.75, 3.05) is 7.11 Å². The highest BCUT2D eigenvalue weighted by Gasteiger charge is 2.14. The number of fused-ring (bicyclic) bond motifs is 1. The monoisotopic (exact) mass is 352 g/mol. The first-order chi connectivity index (χ1) is 12.5. The molecule has 0 bridgehead atoms. The van der Waals surface area contributed by atoms with E-state index >= 15 is 0 Å². The Labute approximate surface area is 150 Å². The van der Waals surface area contributed by atoms with Gasteiger partial charge < -0.3 is 14.5 Å². The number of aldehydes is 1. The Morgan fingerprint density at radius 3 is 2.50 bits per heavy atom. The lowest BCUT2D eigenvalue weighted by Crippen LogP contribution is -2.14. The smallest absolute Gasteiger partial charge is 0.258 e. The summed E-state index contributed by atoms with van der Waals surface area (Å²) < 4.78 is 10.9. The number of methoxy groups -OCH3 is 1. The summed E-state index contributed by atoms with van der Waals surface area (Å²) in [4.78, 5) is 31.2. The molecule has 0 atom stereocenters. The number of hydrogen-bond acceptors (Lipinski definition) is 5. The van der Waals surface area contributed by atoms with E-state index in [4.69, 9.17) is 9.47 Å². The van der Waals surface area contributed by atoms with E-state index in [1.54, 1.807) is 19.2 Å². The van der Waals surface area contributed by atoms with Gasteiger partial charge in [-0.05, 0) is 29.8 Å². The zero-order valence-corrected chi connectivity index (χ0v) is 14.9. The van der Waals surface area contributed by atoms with Crippen molar-refractivity contribution in [2.24, 2.45) is 0 Å². The fraction of sp³-hybridized carbons (Fsp3) is 0.250. The number of nitrogens with zero attached hydrogens (tertiary/aromatic N) is 1. The van der Waals surface area contributed by atoms with Gasteiger partial charge in [0, 0.05) is 5.92 Å². The summed E-state index contributed by atoms with van der Waals surface area (Å²) in [7, 11) is 1.61. The van der Waals surface area contributed by atoms with E-state index in [0.717, 1.165) is 11.3 Å². The third-order valence-electron chi connectivity index (χ3n) is 4.11. The molecule has 2 aromatic carbocycles. The molecule has 1 heterocycles. The number of benzene rings is 2. The zero-order valence-electron chi connectivity index (χ0n) is 14.9. The highest BCUT2D eigenvalue weighted by molar-refractivity contribution is 5.98. The predicted octanol–water partition coefficient (Wildman–Crippen LogP) is 3.45. The molecular weight excluding hydrogens is 332 g/mol. The molecule has 0 aliphatic rings. The Balaban J connectivity index is 1.97. The molecular formula is C20H20N2O4. The third-order valence-corrected chi connectivity index (χ3v) is 4.11. The second kappa shape index (κ2) is 7.39. The van der Waals surface area contributed by atoms with Crippen LogP contribution in [-0.4, -0.2) is 23.4 Å². The molecule has 0 saturated heterocycles. The molecule has 0 saturated carbocycles. The Hall–Kier alpha value is -3.15. The van der Waals surface area contributed by atoms with E-state index in [-0.39, 0.29) is 23.6 Å². The van der Waals surface area contributed by atoms with Gasteiger partial charge in [-0.2, -0.15) is 0 Å². The van der Waals surface area contributed by atoms with Crippen molar-refractivity contribution in [2.45, 2.75) is 26.4 Å². The van der Waals surface area contributed by atoms with Gasteiger partial charge in [-0.3, -0.25) is 9.59 Å². The Morgan fingerprint density at radius 2 is 1.88 bits per heavy atom. The molecule has 3 aromatic rings. The Bertz CT molecular complexity index is 991. The van der Waals surface area contributed by atoms with Gasteiger partial charge in [0.25, 0.3) is 5.56 Å². The van der Waals surface area contributed by atoms with Gasteiger partial charge in [-0.15, -0.1) is 0 Å². The first-order valence-electron chi connectivity index (χ1n) is 8.31. The molecule has 0 amide bonds. The van der Waals surface area contributed by atoms with Gasteiger partial charge in [0.05, 0.1) is 23.6 Å². The van der Waals surface area contributed by atoms with Crippen LogP contribution in [0.3, 0.4) is 0 Å². The molecule has 0 aliphatic carbocycles. The van der Waals surface area contributed by atoms with Crippen molar-refractivity contribution in [3.8, 4) is 11.5 Å². The van der Waals surface area contributed by atoms with E-state index < -0.39 is 0 Å². The number of aromatic amines is 1. The molecule has 6 heteroatoms. The molecule has 0 radical (unpaired) electrons. The van der Waals surface area contributed by atoms with E-state index in [1.165, 1.54) is 0 Å². The molecule has 0 aliphatic heterocycles.